The molecular formula is C13H21N3O4. The van der Waals surface area contributed by atoms with Crippen LogP contribution in [0.25, 0.3) is 0 Å². The molecule has 0 aromatic carbocycles. The Labute approximate surface area is 117 Å². The Morgan fingerprint density at radius 1 is 1.30 bits per heavy atom. The Morgan fingerprint density at radius 2 is 1.95 bits per heavy atom. The third-order valence-electron chi connectivity index (χ3n) is 4.34. The first kappa shape index (κ1) is 14.6. The lowest BCUT2D eigenvalue weighted by Gasteiger charge is -2.27. The van der Waals surface area contributed by atoms with Crippen molar-refractivity contribution in [3.8, 4) is 0 Å². The summed E-state index contributed by atoms with van der Waals surface area (Å²) < 4.78 is 0. The number of carboxylic acid groups (broad SMARTS) is 1. The molecule has 7 nitrogen and oxygen atoms in total. The Morgan fingerprint density at radius 3 is 2.40 bits per heavy atom. The molecule has 2 heterocycles. The average Bonchev–Trinajstić information content (AvgIpc) is 2.92. The minimum atomic E-state index is -0.856. The van der Waals surface area contributed by atoms with Crippen LogP contribution in [0.2, 0.25) is 0 Å². The molecule has 2 aliphatic rings. The second-order valence-corrected chi connectivity index (χ2v) is 5.96. The number of nitrogens with zero attached hydrogens (tertiary/aromatic N) is 1. The van der Waals surface area contributed by atoms with E-state index >= 15 is 0 Å². The fourth-order valence-electron chi connectivity index (χ4n) is 3.34. The number of amides is 3. The van der Waals surface area contributed by atoms with Crippen molar-refractivity contribution in [3.05, 3.63) is 0 Å². The van der Waals surface area contributed by atoms with Gasteiger partial charge in [-0.05, 0) is 25.2 Å². The minimum absolute atomic E-state index is 0.0400. The molecule has 2 rings (SSSR count). The van der Waals surface area contributed by atoms with Crippen molar-refractivity contribution in [2.24, 2.45) is 17.6 Å². The Bertz CT molecular complexity index is 437. The number of hydrogen-bond acceptors (Lipinski definition) is 3. The molecule has 4 N–H and O–H groups in total. The van der Waals surface area contributed by atoms with Crippen LogP contribution in [0.1, 0.15) is 33.1 Å². The highest BCUT2D eigenvalue weighted by atomic mass is 16.4. The third-order valence-corrected chi connectivity index (χ3v) is 4.34. The van der Waals surface area contributed by atoms with Gasteiger partial charge in [-0.2, -0.15) is 0 Å². The number of fused-ring (bicyclic) bond motifs is 2. The van der Waals surface area contributed by atoms with Crippen molar-refractivity contribution in [2.45, 2.75) is 51.2 Å². The van der Waals surface area contributed by atoms with Gasteiger partial charge in [-0.3, -0.25) is 9.59 Å². The summed E-state index contributed by atoms with van der Waals surface area (Å²) in [5.74, 6) is -2.03. The van der Waals surface area contributed by atoms with Crippen molar-refractivity contribution >= 4 is 17.9 Å². The number of nitrogens with one attached hydrogen (secondary N) is 1. The summed E-state index contributed by atoms with van der Waals surface area (Å²) in [6.45, 7) is 3.60. The van der Waals surface area contributed by atoms with E-state index in [1.54, 1.807) is 18.7 Å². The van der Waals surface area contributed by atoms with Crippen LogP contribution in [0.5, 0.6) is 0 Å². The molecule has 0 aromatic rings. The van der Waals surface area contributed by atoms with Crippen LogP contribution < -0.4 is 11.1 Å². The van der Waals surface area contributed by atoms with E-state index in [-0.39, 0.29) is 24.0 Å². The topological polar surface area (TPSA) is 113 Å². The molecule has 0 aliphatic carbocycles. The molecule has 0 saturated carbocycles. The van der Waals surface area contributed by atoms with E-state index < -0.39 is 23.8 Å². The second kappa shape index (κ2) is 5.30. The van der Waals surface area contributed by atoms with Crippen LogP contribution in [0.4, 0.5) is 4.79 Å². The van der Waals surface area contributed by atoms with Gasteiger partial charge in [-0.1, -0.05) is 13.8 Å². The molecule has 112 valence electrons. The molecule has 0 spiro atoms. The lowest BCUT2D eigenvalue weighted by Crippen LogP contribution is -2.53. The molecular weight excluding hydrogens is 262 g/mol. The van der Waals surface area contributed by atoms with Crippen LogP contribution in [0.3, 0.4) is 0 Å². The molecule has 7 heteroatoms. The van der Waals surface area contributed by atoms with Crippen molar-refractivity contribution in [3.63, 3.8) is 0 Å². The van der Waals surface area contributed by atoms with Crippen LogP contribution in [-0.2, 0) is 9.59 Å². The van der Waals surface area contributed by atoms with E-state index in [1.807, 2.05) is 0 Å². The predicted octanol–water partition coefficient (Wildman–Crippen LogP) is 0.143. The van der Waals surface area contributed by atoms with Crippen molar-refractivity contribution in [2.75, 3.05) is 0 Å². The molecule has 0 radical (unpaired) electrons. The zero-order chi connectivity index (χ0) is 15.0. The maximum Gasteiger partial charge on any atom is 0.318 e. The number of carboxylic acids is 1. The normalized spacial score (nSPS) is 29.6. The maximum absolute atomic E-state index is 12.3. The summed E-state index contributed by atoms with van der Waals surface area (Å²) in [5, 5.41) is 11.8. The van der Waals surface area contributed by atoms with Gasteiger partial charge in [0.25, 0.3) is 0 Å². The molecule has 2 aliphatic heterocycles. The van der Waals surface area contributed by atoms with Crippen LogP contribution in [-0.4, -0.2) is 46.0 Å². The SMILES string of the molecule is CC(C)C(NC(=O)N1C2CCC1C(C(=O)O)C2)C(N)=O. The molecule has 4 atom stereocenters. The number of nitrogens with two attached hydrogens (primary N) is 1. The molecule has 4 unspecified atom stereocenters. The summed E-state index contributed by atoms with van der Waals surface area (Å²) in [4.78, 5) is 36.4. The standard InChI is InChI=1S/C13H21N3O4/c1-6(2)10(11(14)17)15-13(20)16-7-3-4-9(16)8(5-7)12(18)19/h6-10H,3-5H2,1-2H3,(H2,14,17)(H,15,20)(H,18,19). The number of rotatable bonds is 4. The summed E-state index contributed by atoms with van der Waals surface area (Å²) in [6, 6.07) is -1.41. The molecule has 20 heavy (non-hydrogen) atoms. The van der Waals surface area contributed by atoms with E-state index in [4.69, 9.17) is 10.8 Å². The van der Waals surface area contributed by atoms with Gasteiger partial charge in [0.15, 0.2) is 0 Å². The molecule has 2 saturated heterocycles. The number of primary amides is 1. The van der Waals surface area contributed by atoms with Crippen molar-refractivity contribution < 1.29 is 19.5 Å². The summed E-state index contributed by atoms with van der Waals surface area (Å²) >= 11 is 0. The van der Waals surface area contributed by atoms with Crippen molar-refractivity contribution in [1.82, 2.24) is 10.2 Å². The molecule has 0 aromatic heterocycles. The largest absolute Gasteiger partial charge is 0.481 e. The van der Waals surface area contributed by atoms with E-state index in [1.165, 1.54) is 0 Å². The number of carbonyl (C=O) groups is 3. The number of carbonyl (C=O) groups excluding carboxylic acids is 2. The van der Waals surface area contributed by atoms with Crippen LogP contribution in [0.15, 0.2) is 0 Å². The highest BCUT2D eigenvalue weighted by Gasteiger charge is 2.51. The number of urea groups is 1. The van der Waals surface area contributed by atoms with E-state index in [9.17, 15) is 14.4 Å². The van der Waals surface area contributed by atoms with Gasteiger partial charge in [0, 0.05) is 12.1 Å². The van der Waals surface area contributed by atoms with Gasteiger partial charge >= 0.3 is 12.0 Å². The summed E-state index contributed by atoms with van der Waals surface area (Å²) in [6.07, 6.45) is 2.03. The van der Waals surface area contributed by atoms with E-state index in [2.05, 4.69) is 5.32 Å². The third kappa shape index (κ3) is 2.44. The first-order chi connectivity index (χ1) is 9.32. The highest BCUT2D eigenvalue weighted by molar-refractivity contribution is 5.87. The smallest absolute Gasteiger partial charge is 0.318 e. The molecule has 2 fully saturated rings. The zero-order valence-corrected chi connectivity index (χ0v) is 11.7. The monoisotopic (exact) mass is 283 g/mol. The minimum Gasteiger partial charge on any atom is -0.481 e. The van der Waals surface area contributed by atoms with E-state index in [0.29, 0.717) is 12.8 Å². The Hall–Kier alpha value is -1.79. The fraction of sp³-hybridized carbons (Fsp3) is 0.769. The second-order valence-electron chi connectivity index (χ2n) is 5.96. The van der Waals surface area contributed by atoms with Gasteiger partial charge < -0.3 is 21.1 Å². The van der Waals surface area contributed by atoms with Crippen molar-refractivity contribution in [1.29, 1.82) is 0 Å². The first-order valence-electron chi connectivity index (χ1n) is 6.94. The summed E-state index contributed by atoms with van der Waals surface area (Å²) in [7, 11) is 0. The van der Waals surface area contributed by atoms with Gasteiger partial charge in [0.1, 0.15) is 6.04 Å². The highest BCUT2D eigenvalue weighted by Crippen LogP contribution is 2.41. The van der Waals surface area contributed by atoms with Gasteiger partial charge in [-0.25, -0.2) is 4.79 Å². The lowest BCUT2D eigenvalue weighted by atomic mass is 9.89. The lowest BCUT2D eigenvalue weighted by molar-refractivity contribution is -0.142. The molecule has 3 amide bonds. The summed E-state index contributed by atoms with van der Waals surface area (Å²) in [5.41, 5.74) is 5.28. The zero-order valence-electron chi connectivity index (χ0n) is 11.7. The maximum atomic E-state index is 12.3. The quantitative estimate of drug-likeness (QED) is 0.681. The van der Waals surface area contributed by atoms with Crippen LogP contribution >= 0.6 is 0 Å². The fourth-order valence-corrected chi connectivity index (χ4v) is 3.34. The van der Waals surface area contributed by atoms with Gasteiger partial charge in [-0.15, -0.1) is 0 Å². The average molecular weight is 283 g/mol. The number of hydrogen-bond donors (Lipinski definition) is 3. The Balaban J connectivity index is 2.07. The van der Waals surface area contributed by atoms with Crippen LogP contribution in [0, 0.1) is 11.8 Å². The van der Waals surface area contributed by atoms with E-state index in [0.717, 1.165) is 6.42 Å². The Kier molecular flexibility index (Phi) is 3.87. The predicted molar refractivity (Wildman–Crippen MR) is 70.7 cm³/mol. The first-order valence-corrected chi connectivity index (χ1v) is 6.94. The van der Waals surface area contributed by atoms with Gasteiger partial charge in [0.05, 0.1) is 5.92 Å². The number of aliphatic carboxylic acids is 1. The molecule has 2 bridgehead atoms. The van der Waals surface area contributed by atoms with Gasteiger partial charge in [0.2, 0.25) is 5.91 Å².